The first-order valence-corrected chi connectivity index (χ1v) is 5.73. The van der Waals surface area contributed by atoms with Crippen molar-refractivity contribution in [2.75, 3.05) is 13.7 Å². The molecule has 4 heteroatoms. The van der Waals surface area contributed by atoms with Crippen LogP contribution >= 0.6 is 0 Å². The van der Waals surface area contributed by atoms with E-state index in [1.54, 1.807) is 7.11 Å². The quantitative estimate of drug-likeness (QED) is 0.722. The lowest BCUT2D eigenvalue weighted by atomic mass is 9.88. The average Bonchev–Trinajstić information content (AvgIpc) is 2.16. The van der Waals surface area contributed by atoms with Gasteiger partial charge >= 0.3 is 0 Å². The summed E-state index contributed by atoms with van der Waals surface area (Å²) in [5.41, 5.74) is 4.93. The second-order valence-electron chi connectivity index (χ2n) is 5.47. The van der Waals surface area contributed by atoms with Crippen molar-refractivity contribution in [2.24, 2.45) is 11.7 Å². The first kappa shape index (κ1) is 15.4. The predicted molar refractivity (Wildman–Crippen MR) is 66.1 cm³/mol. The minimum absolute atomic E-state index is 0.0199. The topological polar surface area (TPSA) is 64.3 Å². The van der Waals surface area contributed by atoms with E-state index in [9.17, 15) is 4.79 Å². The number of amides is 1. The summed E-state index contributed by atoms with van der Waals surface area (Å²) in [5.74, 6) is 0.278. The molecule has 0 aromatic rings. The highest BCUT2D eigenvalue weighted by molar-refractivity contribution is 5.77. The first-order valence-electron chi connectivity index (χ1n) is 5.73. The van der Waals surface area contributed by atoms with Crippen LogP contribution in [0.15, 0.2) is 0 Å². The van der Waals surface area contributed by atoms with Gasteiger partial charge in [-0.3, -0.25) is 4.79 Å². The second-order valence-corrected chi connectivity index (χ2v) is 5.47. The molecule has 0 bridgehead atoms. The lowest BCUT2D eigenvalue weighted by Gasteiger charge is -2.34. The van der Waals surface area contributed by atoms with Crippen molar-refractivity contribution in [2.45, 2.75) is 52.2 Å². The van der Waals surface area contributed by atoms with E-state index < -0.39 is 5.60 Å². The number of nitrogens with one attached hydrogen (secondary N) is 1. The van der Waals surface area contributed by atoms with Gasteiger partial charge in [-0.15, -0.1) is 0 Å². The highest BCUT2D eigenvalue weighted by atomic mass is 16.5. The SMILES string of the molecule is COC(C)(C)CC(=O)NC(C)(CN)C(C)C. The number of hydrogen-bond acceptors (Lipinski definition) is 3. The molecular formula is C12H26N2O2. The molecule has 3 N–H and O–H groups in total. The Bertz CT molecular complexity index is 239. The van der Waals surface area contributed by atoms with Crippen LogP contribution in [0.1, 0.15) is 41.0 Å². The predicted octanol–water partition coefficient (Wildman–Crippen LogP) is 1.29. The number of carbonyl (C=O) groups excluding carboxylic acids is 1. The molecule has 0 saturated heterocycles. The van der Waals surface area contributed by atoms with Gasteiger partial charge < -0.3 is 15.8 Å². The van der Waals surface area contributed by atoms with Crippen LogP contribution in [-0.2, 0) is 9.53 Å². The normalized spacial score (nSPS) is 16.0. The lowest BCUT2D eigenvalue weighted by molar-refractivity contribution is -0.128. The third-order valence-electron chi connectivity index (χ3n) is 3.26. The molecule has 0 rings (SSSR count). The molecule has 0 spiro atoms. The van der Waals surface area contributed by atoms with Crippen molar-refractivity contribution in [3.63, 3.8) is 0 Å². The number of carbonyl (C=O) groups is 1. The zero-order valence-corrected chi connectivity index (χ0v) is 11.4. The monoisotopic (exact) mass is 230 g/mol. The lowest BCUT2D eigenvalue weighted by Crippen LogP contribution is -2.55. The fraction of sp³-hybridized carbons (Fsp3) is 0.917. The van der Waals surface area contributed by atoms with Crippen LogP contribution < -0.4 is 11.1 Å². The third-order valence-corrected chi connectivity index (χ3v) is 3.26. The van der Waals surface area contributed by atoms with Crippen molar-refractivity contribution < 1.29 is 9.53 Å². The van der Waals surface area contributed by atoms with Crippen LogP contribution in [0.5, 0.6) is 0 Å². The molecule has 0 aromatic carbocycles. The first-order chi connectivity index (χ1) is 7.17. The summed E-state index contributed by atoms with van der Waals surface area (Å²) in [7, 11) is 1.61. The van der Waals surface area contributed by atoms with Crippen molar-refractivity contribution in [1.29, 1.82) is 0 Å². The number of hydrogen-bond donors (Lipinski definition) is 2. The Hall–Kier alpha value is -0.610. The fourth-order valence-corrected chi connectivity index (χ4v) is 1.25. The van der Waals surface area contributed by atoms with Crippen LogP contribution in [0.25, 0.3) is 0 Å². The molecule has 0 aliphatic rings. The summed E-state index contributed by atoms with van der Waals surface area (Å²) in [5, 5.41) is 2.99. The molecule has 0 radical (unpaired) electrons. The summed E-state index contributed by atoms with van der Waals surface area (Å²) < 4.78 is 5.22. The zero-order chi connectivity index (χ0) is 13.0. The van der Waals surface area contributed by atoms with Crippen molar-refractivity contribution in [3.8, 4) is 0 Å². The van der Waals surface area contributed by atoms with Gasteiger partial charge in [0.2, 0.25) is 5.91 Å². The molecule has 4 nitrogen and oxygen atoms in total. The van der Waals surface area contributed by atoms with E-state index in [1.165, 1.54) is 0 Å². The standard InChI is InChI=1S/C12H26N2O2/c1-9(2)12(5,8-13)14-10(15)7-11(3,4)16-6/h9H,7-8,13H2,1-6H3,(H,14,15). The molecule has 0 aromatic heterocycles. The van der Waals surface area contributed by atoms with E-state index in [4.69, 9.17) is 10.5 Å². The smallest absolute Gasteiger partial charge is 0.223 e. The maximum Gasteiger partial charge on any atom is 0.223 e. The van der Waals surface area contributed by atoms with Gasteiger partial charge in [-0.05, 0) is 26.7 Å². The highest BCUT2D eigenvalue weighted by Gasteiger charge is 2.30. The summed E-state index contributed by atoms with van der Waals surface area (Å²) in [6.45, 7) is 10.3. The van der Waals surface area contributed by atoms with Crippen LogP contribution in [0, 0.1) is 5.92 Å². The Morgan fingerprint density at radius 3 is 2.19 bits per heavy atom. The molecule has 1 unspecified atom stereocenters. The Labute approximate surface area is 98.9 Å². The number of methoxy groups -OCH3 is 1. The Kier molecular flexibility index (Phi) is 5.42. The molecule has 16 heavy (non-hydrogen) atoms. The molecule has 0 fully saturated rings. The van der Waals surface area contributed by atoms with Gasteiger partial charge in [-0.2, -0.15) is 0 Å². The Morgan fingerprint density at radius 1 is 1.38 bits per heavy atom. The van der Waals surface area contributed by atoms with Crippen LogP contribution in [0.2, 0.25) is 0 Å². The summed E-state index contributed by atoms with van der Waals surface area (Å²) >= 11 is 0. The van der Waals surface area contributed by atoms with Gasteiger partial charge in [-0.1, -0.05) is 13.8 Å². The van der Waals surface area contributed by atoms with E-state index in [0.29, 0.717) is 18.9 Å². The van der Waals surface area contributed by atoms with Gasteiger partial charge in [0.25, 0.3) is 0 Å². The van der Waals surface area contributed by atoms with Crippen LogP contribution in [0.3, 0.4) is 0 Å². The second kappa shape index (κ2) is 5.64. The molecule has 0 aliphatic carbocycles. The molecule has 0 saturated carbocycles. The van der Waals surface area contributed by atoms with Crippen LogP contribution in [0.4, 0.5) is 0 Å². The zero-order valence-electron chi connectivity index (χ0n) is 11.4. The number of ether oxygens (including phenoxy) is 1. The molecule has 96 valence electrons. The van der Waals surface area contributed by atoms with E-state index >= 15 is 0 Å². The van der Waals surface area contributed by atoms with Gasteiger partial charge in [-0.25, -0.2) is 0 Å². The maximum absolute atomic E-state index is 11.8. The highest BCUT2D eigenvalue weighted by Crippen LogP contribution is 2.17. The van der Waals surface area contributed by atoms with E-state index in [1.807, 2.05) is 20.8 Å². The Morgan fingerprint density at radius 2 is 1.88 bits per heavy atom. The molecule has 1 amide bonds. The summed E-state index contributed by atoms with van der Waals surface area (Å²) in [6, 6.07) is 0. The largest absolute Gasteiger partial charge is 0.378 e. The average molecular weight is 230 g/mol. The Balaban J connectivity index is 4.44. The van der Waals surface area contributed by atoms with Gasteiger partial charge in [0, 0.05) is 13.7 Å². The molecular weight excluding hydrogens is 204 g/mol. The molecule has 1 atom stereocenters. The maximum atomic E-state index is 11.8. The van der Waals surface area contributed by atoms with Gasteiger partial charge in [0.1, 0.15) is 0 Å². The minimum atomic E-state index is -0.434. The minimum Gasteiger partial charge on any atom is -0.378 e. The van der Waals surface area contributed by atoms with Gasteiger partial charge in [0.15, 0.2) is 0 Å². The van der Waals surface area contributed by atoms with E-state index in [-0.39, 0.29) is 11.4 Å². The van der Waals surface area contributed by atoms with Crippen molar-refractivity contribution in [3.05, 3.63) is 0 Å². The van der Waals surface area contributed by atoms with E-state index in [2.05, 4.69) is 19.2 Å². The molecule has 0 aliphatic heterocycles. The molecule has 0 heterocycles. The summed E-state index contributed by atoms with van der Waals surface area (Å²) in [4.78, 5) is 11.8. The number of nitrogens with two attached hydrogens (primary N) is 1. The van der Waals surface area contributed by atoms with Crippen LogP contribution in [-0.4, -0.2) is 30.7 Å². The van der Waals surface area contributed by atoms with E-state index in [0.717, 1.165) is 0 Å². The number of rotatable bonds is 6. The van der Waals surface area contributed by atoms with Crippen molar-refractivity contribution in [1.82, 2.24) is 5.32 Å². The third kappa shape index (κ3) is 4.49. The summed E-state index contributed by atoms with van der Waals surface area (Å²) in [6.07, 6.45) is 0.339. The fourth-order valence-electron chi connectivity index (χ4n) is 1.25. The van der Waals surface area contributed by atoms with Gasteiger partial charge in [0.05, 0.1) is 17.6 Å². The van der Waals surface area contributed by atoms with Crippen molar-refractivity contribution >= 4 is 5.91 Å².